The Bertz CT molecular complexity index is 3670. The van der Waals surface area contributed by atoms with Crippen LogP contribution in [0.25, 0.3) is 54.8 Å². The van der Waals surface area contributed by atoms with Crippen LogP contribution in [0, 0.1) is 22.7 Å². The third-order valence-electron chi connectivity index (χ3n) is 23.0. The summed E-state index contributed by atoms with van der Waals surface area (Å²) in [6.07, 6.45) is 38.3. The van der Waals surface area contributed by atoms with Gasteiger partial charge in [-0.15, -0.1) is 0 Å². The van der Waals surface area contributed by atoms with Crippen LogP contribution in [0.5, 0.6) is 5.75 Å². The van der Waals surface area contributed by atoms with Crippen LogP contribution in [-0.2, 0) is 9.59 Å². The van der Waals surface area contributed by atoms with E-state index < -0.39 is 11.2 Å². The maximum absolute atomic E-state index is 13.1. The number of fused-ring (bicyclic) bond motifs is 10. The standard InChI is InChI=1S/C36H44N4O3.C36H44N4O2/c41-25-9-8-19-40-24(12-13-25)21-35-23-39-18-6-4-2-1-3-5-16-36(43,34(35)40)22-28(29(35)15-20-39)32-33-27(14-17-37-32)26-10-7-11-30(42)31(26)38-33;41-26-10-9-20-40-25(13-14-26)22-35-24-39-19-8-4-2-1-3-7-17-36(42,34(35)40)23-29(30(35)16-21-39)32-33-28(15-18-37-32)27-11-5-6-12-31(27)38-33/h1,3,7,10-11,14,17,22,24,29,34,38,42-43H,2,4-6,8-9,12-13,15-16,18-21,23H2;1,3,5-6,11-12,15,18,23,25,30,34,38,42H,2,4,7-10,13-14,16-17,19-22,24H2/b2*3-1-/t24?,29-,34?,35-,36-;25?,30-,34?,35-,36-/m00/s1. The number of aromatic nitrogens is 4. The number of hydrogen-bond acceptors (Lipinski definition) is 11. The molecule has 0 amide bonds. The molecule has 13 nitrogen and oxygen atoms in total. The van der Waals surface area contributed by atoms with Gasteiger partial charge >= 0.3 is 0 Å². The lowest BCUT2D eigenvalue weighted by Gasteiger charge is -2.58. The molecular weight excluding hydrogens is 1060 g/mol. The second kappa shape index (κ2) is 22.4. The van der Waals surface area contributed by atoms with Crippen LogP contribution >= 0.6 is 0 Å². The average molecular weight is 1150 g/mol. The van der Waals surface area contributed by atoms with E-state index in [1.807, 2.05) is 24.5 Å². The molecule has 12 heterocycles. The number of H-pyrrole nitrogens is 2. The Kier molecular flexibility index (Phi) is 14.7. The molecule has 5 N–H and O–H groups in total. The van der Waals surface area contributed by atoms with Gasteiger partial charge in [0.25, 0.3) is 0 Å². The molecule has 13 heteroatoms. The summed E-state index contributed by atoms with van der Waals surface area (Å²) in [5.74, 6) is 1.64. The molecule has 6 aromatic rings. The highest BCUT2D eigenvalue weighted by atomic mass is 16.3. The van der Waals surface area contributed by atoms with Crippen molar-refractivity contribution in [3.63, 3.8) is 0 Å². The number of aliphatic hydroxyl groups is 2. The van der Waals surface area contributed by atoms with Crippen molar-refractivity contribution >= 4 is 66.3 Å². The van der Waals surface area contributed by atoms with Crippen LogP contribution in [0.3, 0.4) is 0 Å². The first-order valence-electron chi connectivity index (χ1n) is 33.2. The van der Waals surface area contributed by atoms with Crippen LogP contribution in [0.15, 0.2) is 103 Å². The van der Waals surface area contributed by atoms with Crippen molar-refractivity contribution < 1.29 is 24.9 Å². The predicted octanol–water partition coefficient (Wildman–Crippen LogP) is 12.2. The van der Waals surface area contributed by atoms with E-state index >= 15 is 0 Å². The minimum Gasteiger partial charge on any atom is -0.506 e. The molecule has 0 saturated carbocycles. The minimum atomic E-state index is -1.01. The highest BCUT2D eigenvalue weighted by Gasteiger charge is 2.68. The molecule has 446 valence electrons. The highest BCUT2D eigenvalue weighted by molar-refractivity contribution is 6.12. The fourth-order valence-electron chi connectivity index (χ4n) is 19.8. The van der Waals surface area contributed by atoms with Gasteiger partial charge in [-0.25, -0.2) is 0 Å². The zero-order chi connectivity index (χ0) is 57.5. The Morgan fingerprint density at radius 1 is 0.494 bits per heavy atom. The highest BCUT2D eigenvalue weighted by Crippen LogP contribution is 2.64. The van der Waals surface area contributed by atoms with Gasteiger partial charge in [0.1, 0.15) is 17.3 Å². The molecule has 0 radical (unpaired) electrons. The van der Waals surface area contributed by atoms with E-state index in [9.17, 15) is 24.9 Å². The van der Waals surface area contributed by atoms with Crippen LogP contribution < -0.4 is 0 Å². The monoisotopic (exact) mass is 1140 g/mol. The van der Waals surface area contributed by atoms with Gasteiger partial charge in [-0.1, -0.05) is 54.6 Å². The molecule has 16 rings (SSSR count). The minimum absolute atomic E-state index is 0.0230. The lowest BCUT2D eigenvalue weighted by molar-refractivity contribution is -0.121. The van der Waals surface area contributed by atoms with Crippen LogP contribution in [0.4, 0.5) is 0 Å². The number of carbonyl (C=O) groups is 2. The smallest absolute Gasteiger partial charge is 0.139 e. The first-order chi connectivity index (χ1) is 41.5. The molecule has 2 aliphatic carbocycles. The molecule has 6 fully saturated rings. The number of pyridine rings is 2. The second-order valence-corrected chi connectivity index (χ2v) is 27.9. The molecule has 85 heavy (non-hydrogen) atoms. The maximum atomic E-state index is 13.1. The van der Waals surface area contributed by atoms with Gasteiger partial charge in [0, 0.05) is 113 Å². The fourth-order valence-corrected chi connectivity index (χ4v) is 19.8. The Morgan fingerprint density at radius 2 is 1.00 bits per heavy atom. The summed E-state index contributed by atoms with van der Waals surface area (Å²) in [5, 5.41) is 41.3. The number of nitrogens with one attached hydrogen (secondary N) is 2. The fraction of sp³-hybridized carbons (Fsp3) is 0.556. The Labute approximate surface area is 500 Å². The van der Waals surface area contributed by atoms with Crippen molar-refractivity contribution in [3.05, 3.63) is 115 Å². The van der Waals surface area contributed by atoms with E-state index in [0.717, 1.165) is 180 Å². The number of ketones is 2. The van der Waals surface area contributed by atoms with E-state index in [0.29, 0.717) is 61.7 Å². The quantitative estimate of drug-likeness (QED) is 0.105. The van der Waals surface area contributed by atoms with Crippen LogP contribution in [-0.4, -0.2) is 154 Å². The zero-order valence-electron chi connectivity index (χ0n) is 49.8. The largest absolute Gasteiger partial charge is 0.506 e. The molecular formula is C72H88N8O5. The zero-order valence-corrected chi connectivity index (χ0v) is 49.8. The lowest BCUT2D eigenvalue weighted by atomic mass is 9.54. The first kappa shape index (κ1) is 55.8. The summed E-state index contributed by atoms with van der Waals surface area (Å²) in [4.78, 5) is 53.4. The third kappa shape index (κ3) is 9.62. The van der Waals surface area contributed by atoms with Crippen molar-refractivity contribution in [3.8, 4) is 5.75 Å². The maximum Gasteiger partial charge on any atom is 0.139 e. The number of allylic oxidation sites excluding steroid dienone is 6. The van der Waals surface area contributed by atoms with E-state index in [-0.39, 0.29) is 34.6 Å². The number of Topliss-reactive ketones (excluding diaryl/α,β-unsaturated/α-hetero) is 2. The number of rotatable bonds is 2. The summed E-state index contributed by atoms with van der Waals surface area (Å²) >= 11 is 0. The molecule has 10 aliphatic rings. The number of phenols is 1. The van der Waals surface area contributed by atoms with E-state index in [2.05, 4.69) is 102 Å². The molecule has 4 aromatic heterocycles. The van der Waals surface area contributed by atoms with Gasteiger partial charge in [-0.3, -0.25) is 29.4 Å². The van der Waals surface area contributed by atoms with Gasteiger partial charge in [0.15, 0.2) is 0 Å². The second-order valence-electron chi connectivity index (χ2n) is 27.9. The van der Waals surface area contributed by atoms with Crippen molar-refractivity contribution in [1.29, 1.82) is 0 Å². The van der Waals surface area contributed by atoms with Crippen molar-refractivity contribution in [2.45, 2.75) is 177 Å². The number of hydrogen-bond donors (Lipinski definition) is 5. The SMILES string of the molecule is O=C1CCCN2C(CC1)C[C@]13CN4CCCC/C=C\CC[C@](O)(C=C(c5nccc6c5[nH]c5c(O)cccc56)[C@@H]1CC4)C23.O=C1CCCN2C(CC1)C[C@]13CN4CCCC/C=C\CC[C@](O)(C=C(c5nccc6c5[nH]c5ccccc56)[C@@H]1CC4)C23. The summed E-state index contributed by atoms with van der Waals surface area (Å²) in [5.41, 5.74) is 6.10. The molecule has 6 saturated heterocycles. The summed E-state index contributed by atoms with van der Waals surface area (Å²) < 4.78 is 0. The molecule has 6 unspecified atom stereocenters. The van der Waals surface area contributed by atoms with Crippen molar-refractivity contribution in [1.82, 2.24) is 39.5 Å². The lowest BCUT2D eigenvalue weighted by Crippen LogP contribution is -2.65. The molecule has 8 aliphatic heterocycles. The van der Waals surface area contributed by atoms with Gasteiger partial charge < -0.3 is 35.1 Å². The molecule has 2 aromatic carbocycles. The van der Waals surface area contributed by atoms with Gasteiger partial charge in [-0.05, 0) is 214 Å². The molecule has 12 atom stereocenters. The number of para-hydroxylation sites is 2. The Balaban J connectivity index is 0.000000144. The Hall–Kier alpha value is -5.80. The number of aromatic hydroxyl groups is 1. The third-order valence-corrected chi connectivity index (χ3v) is 23.0. The molecule has 2 spiro atoms. The average Bonchev–Trinajstić information content (AvgIpc) is 1.63. The number of phenolic OH excluding ortho intramolecular Hbond substituents is 1. The van der Waals surface area contributed by atoms with E-state index in [1.165, 1.54) is 47.6 Å². The summed E-state index contributed by atoms with van der Waals surface area (Å²) in [6, 6.07) is 19.1. The van der Waals surface area contributed by atoms with E-state index in [1.54, 1.807) is 6.07 Å². The first-order valence-corrected chi connectivity index (χ1v) is 33.2. The number of aromatic amines is 2. The topological polar surface area (TPSA) is 165 Å². The van der Waals surface area contributed by atoms with Gasteiger partial charge in [0.2, 0.25) is 0 Å². The number of piperidine rings is 2. The normalized spacial score (nSPS) is 36.4. The molecule has 6 bridgehead atoms. The van der Waals surface area contributed by atoms with Crippen molar-refractivity contribution in [2.75, 3.05) is 52.4 Å². The number of carbonyl (C=O) groups excluding carboxylic acids is 2. The number of benzene rings is 2. The summed E-state index contributed by atoms with van der Waals surface area (Å²) in [6.45, 7) is 8.18. The Morgan fingerprint density at radius 3 is 1.58 bits per heavy atom. The predicted molar refractivity (Wildman–Crippen MR) is 338 cm³/mol. The van der Waals surface area contributed by atoms with Crippen molar-refractivity contribution in [2.24, 2.45) is 22.7 Å². The van der Waals surface area contributed by atoms with E-state index in [4.69, 9.17) is 9.97 Å². The number of nitrogens with zero attached hydrogens (tertiary/aromatic N) is 6. The summed E-state index contributed by atoms with van der Waals surface area (Å²) in [7, 11) is 0. The van der Waals surface area contributed by atoms with Gasteiger partial charge in [0.05, 0.1) is 39.1 Å². The van der Waals surface area contributed by atoms with Crippen LogP contribution in [0.1, 0.15) is 153 Å². The van der Waals surface area contributed by atoms with Crippen LogP contribution in [0.2, 0.25) is 0 Å². The van der Waals surface area contributed by atoms with Gasteiger partial charge in [-0.2, -0.15) is 0 Å².